The zero-order valence-corrected chi connectivity index (χ0v) is 11.2. The monoisotopic (exact) mass is 239 g/mol. The molecule has 0 aliphatic heterocycles. The minimum atomic E-state index is -0.0233. The Bertz CT molecular complexity index is 272. The van der Waals surface area contributed by atoms with E-state index >= 15 is 0 Å². The fraction of sp³-hybridized carbons (Fsp3) is 0.692. The van der Waals surface area contributed by atoms with E-state index in [0.29, 0.717) is 13.2 Å². The van der Waals surface area contributed by atoms with E-state index in [1.807, 2.05) is 20.0 Å². The first kappa shape index (κ1) is 15.8. The van der Waals surface area contributed by atoms with Gasteiger partial charge in [0, 0.05) is 6.54 Å². The first-order valence-corrected chi connectivity index (χ1v) is 6.27. The van der Waals surface area contributed by atoms with Gasteiger partial charge >= 0.3 is 0 Å². The molecule has 98 valence electrons. The third-order valence-electron chi connectivity index (χ3n) is 2.51. The van der Waals surface area contributed by atoms with Crippen LogP contribution in [0.1, 0.15) is 39.5 Å². The second kappa shape index (κ2) is 10.0. The molecule has 0 fully saturated rings. The topological polar surface area (TPSA) is 69.0 Å². The van der Waals surface area contributed by atoms with Gasteiger partial charge in [0.15, 0.2) is 0 Å². The zero-order valence-electron chi connectivity index (χ0n) is 11.2. The van der Waals surface area contributed by atoms with Gasteiger partial charge in [-0.05, 0) is 26.0 Å². The first-order chi connectivity index (χ1) is 8.17. The van der Waals surface area contributed by atoms with Crippen molar-refractivity contribution < 1.29 is 4.74 Å². The normalized spacial score (nSPS) is 11.4. The second-order valence-electron chi connectivity index (χ2n) is 3.96. The van der Waals surface area contributed by atoms with Crippen LogP contribution in [0, 0.1) is 10.8 Å². The van der Waals surface area contributed by atoms with Crippen LogP contribution < -0.4 is 5.32 Å². The van der Waals surface area contributed by atoms with Crippen molar-refractivity contribution in [3.05, 3.63) is 11.6 Å². The summed E-state index contributed by atoms with van der Waals surface area (Å²) in [7, 11) is 1.83. The van der Waals surface area contributed by atoms with E-state index in [0.717, 1.165) is 18.4 Å². The lowest BCUT2D eigenvalue weighted by atomic mass is 10.1. The van der Waals surface area contributed by atoms with Crippen LogP contribution in [-0.4, -0.2) is 31.8 Å². The number of ether oxygens (including phenoxy) is 1. The van der Waals surface area contributed by atoms with Gasteiger partial charge in [0.2, 0.25) is 5.90 Å². The average Bonchev–Trinajstić information content (AvgIpc) is 2.34. The summed E-state index contributed by atoms with van der Waals surface area (Å²) in [6.45, 7) is 5.17. The quantitative estimate of drug-likeness (QED) is 0.329. The summed E-state index contributed by atoms with van der Waals surface area (Å²) >= 11 is 0. The Kier molecular flexibility index (Phi) is 9.34. The van der Waals surface area contributed by atoms with Gasteiger partial charge in [-0.2, -0.15) is 0 Å². The highest BCUT2D eigenvalue weighted by Gasteiger charge is 2.10. The molecule has 0 spiro atoms. The molecular weight excluding hydrogens is 214 g/mol. The Balaban J connectivity index is 3.93. The van der Waals surface area contributed by atoms with Crippen LogP contribution in [-0.2, 0) is 4.74 Å². The lowest BCUT2D eigenvalue weighted by Crippen LogP contribution is -2.24. The maximum atomic E-state index is 7.81. The van der Waals surface area contributed by atoms with Gasteiger partial charge in [-0.1, -0.05) is 32.3 Å². The summed E-state index contributed by atoms with van der Waals surface area (Å²) in [5.41, 5.74) is 0.975. The fourth-order valence-corrected chi connectivity index (χ4v) is 1.45. The average molecular weight is 239 g/mol. The van der Waals surface area contributed by atoms with Crippen LogP contribution in [0.15, 0.2) is 11.6 Å². The number of allylic oxidation sites excluding steroid dienone is 1. The minimum absolute atomic E-state index is 0.0233. The van der Waals surface area contributed by atoms with Crippen LogP contribution in [0.3, 0.4) is 0 Å². The Labute approximate surface area is 104 Å². The maximum Gasteiger partial charge on any atom is 0.232 e. The number of hydrogen-bond acceptors (Lipinski definition) is 4. The van der Waals surface area contributed by atoms with E-state index in [2.05, 4.69) is 12.2 Å². The van der Waals surface area contributed by atoms with Crippen molar-refractivity contribution in [2.45, 2.75) is 39.5 Å². The smallest absolute Gasteiger partial charge is 0.232 e. The third-order valence-corrected chi connectivity index (χ3v) is 2.51. The predicted octanol–water partition coefficient (Wildman–Crippen LogP) is 2.75. The highest BCUT2D eigenvalue weighted by molar-refractivity contribution is 6.43. The van der Waals surface area contributed by atoms with E-state index in [4.69, 9.17) is 15.6 Å². The maximum absolute atomic E-state index is 7.81. The third kappa shape index (κ3) is 6.89. The molecule has 0 aliphatic rings. The Morgan fingerprint density at radius 3 is 2.47 bits per heavy atom. The fourth-order valence-electron chi connectivity index (χ4n) is 1.45. The van der Waals surface area contributed by atoms with E-state index in [-0.39, 0.29) is 11.6 Å². The number of hydrogen-bond donors (Lipinski definition) is 3. The number of rotatable bonds is 9. The molecule has 0 aliphatic carbocycles. The van der Waals surface area contributed by atoms with Crippen LogP contribution in [0.5, 0.6) is 0 Å². The molecule has 3 N–H and O–H groups in total. The summed E-state index contributed by atoms with van der Waals surface area (Å²) in [6.07, 6.45) is 6.32. The van der Waals surface area contributed by atoms with E-state index in [1.54, 1.807) is 0 Å². The Morgan fingerprint density at radius 1 is 1.24 bits per heavy atom. The summed E-state index contributed by atoms with van der Waals surface area (Å²) in [6, 6.07) is 0. The molecule has 0 aromatic rings. The van der Waals surface area contributed by atoms with Crippen LogP contribution in [0.2, 0.25) is 0 Å². The number of nitrogens with one attached hydrogen (secondary N) is 3. The lowest BCUT2D eigenvalue weighted by molar-refractivity contribution is 0.295. The molecule has 0 atom stereocenters. The first-order valence-electron chi connectivity index (χ1n) is 6.27. The van der Waals surface area contributed by atoms with Gasteiger partial charge < -0.3 is 10.1 Å². The molecule has 0 saturated heterocycles. The van der Waals surface area contributed by atoms with Gasteiger partial charge in [-0.15, -0.1) is 0 Å². The molecule has 0 aromatic carbocycles. The van der Waals surface area contributed by atoms with Gasteiger partial charge in [-0.3, -0.25) is 10.8 Å². The zero-order chi connectivity index (χ0) is 13.1. The summed E-state index contributed by atoms with van der Waals surface area (Å²) in [4.78, 5) is 0. The van der Waals surface area contributed by atoms with Gasteiger partial charge in [0.25, 0.3) is 0 Å². The molecule has 0 radical (unpaired) electrons. The van der Waals surface area contributed by atoms with E-state index in [9.17, 15) is 0 Å². The SMILES string of the molecule is C/C=C(\CNC)C(=N)C(=N)OCCCCCC. The highest BCUT2D eigenvalue weighted by atomic mass is 16.5. The van der Waals surface area contributed by atoms with Gasteiger partial charge in [-0.25, -0.2) is 0 Å². The van der Waals surface area contributed by atoms with Crippen LogP contribution in [0.4, 0.5) is 0 Å². The summed E-state index contributed by atoms with van der Waals surface area (Å²) in [5.74, 6) is -0.0233. The molecule has 4 nitrogen and oxygen atoms in total. The second-order valence-corrected chi connectivity index (χ2v) is 3.96. The lowest BCUT2D eigenvalue weighted by Gasteiger charge is -2.11. The molecule has 0 bridgehead atoms. The van der Waals surface area contributed by atoms with Crippen molar-refractivity contribution in [3.63, 3.8) is 0 Å². The standard InChI is InChI=1S/C13H25N3O/c1-4-6-7-8-9-17-13(15)12(14)11(5-2)10-16-3/h5,14-16H,4,6-10H2,1-3H3/b11-5+,14-12?,15-13?. The molecule has 0 amide bonds. The largest absolute Gasteiger partial charge is 0.477 e. The molecule has 0 saturated carbocycles. The Hall–Kier alpha value is -1.16. The van der Waals surface area contributed by atoms with Gasteiger partial charge in [0.05, 0.1) is 6.61 Å². The molecular formula is C13H25N3O. The van der Waals surface area contributed by atoms with Crippen molar-refractivity contribution in [2.75, 3.05) is 20.2 Å². The number of likely N-dealkylation sites (N-methyl/N-ethyl adjacent to an activating group) is 1. The summed E-state index contributed by atoms with van der Waals surface area (Å²) < 4.78 is 5.27. The van der Waals surface area contributed by atoms with Crippen molar-refractivity contribution in [1.29, 1.82) is 10.8 Å². The van der Waals surface area contributed by atoms with Crippen molar-refractivity contribution >= 4 is 11.6 Å². The van der Waals surface area contributed by atoms with Crippen molar-refractivity contribution in [1.82, 2.24) is 5.32 Å². The van der Waals surface area contributed by atoms with Crippen LogP contribution in [0.25, 0.3) is 0 Å². The van der Waals surface area contributed by atoms with Gasteiger partial charge in [0.1, 0.15) is 5.71 Å². The van der Waals surface area contributed by atoms with Crippen molar-refractivity contribution in [2.24, 2.45) is 0 Å². The van der Waals surface area contributed by atoms with Crippen LogP contribution >= 0.6 is 0 Å². The van der Waals surface area contributed by atoms with E-state index < -0.39 is 0 Å². The molecule has 4 heteroatoms. The minimum Gasteiger partial charge on any atom is -0.477 e. The highest BCUT2D eigenvalue weighted by Crippen LogP contribution is 2.02. The molecule has 0 rings (SSSR count). The molecule has 17 heavy (non-hydrogen) atoms. The molecule has 0 aromatic heterocycles. The number of unbranched alkanes of at least 4 members (excludes halogenated alkanes) is 3. The van der Waals surface area contributed by atoms with Crippen molar-refractivity contribution in [3.8, 4) is 0 Å². The summed E-state index contributed by atoms with van der Waals surface area (Å²) in [5, 5.41) is 18.5. The van der Waals surface area contributed by atoms with E-state index in [1.165, 1.54) is 12.8 Å². The molecule has 0 heterocycles. The predicted molar refractivity (Wildman–Crippen MR) is 73.2 cm³/mol. The molecule has 0 unspecified atom stereocenters. The Morgan fingerprint density at radius 2 is 1.94 bits per heavy atom.